The highest BCUT2D eigenvalue weighted by Gasteiger charge is 2.13. The lowest BCUT2D eigenvalue weighted by Gasteiger charge is -2.02. The Bertz CT molecular complexity index is 516. The fourth-order valence-corrected chi connectivity index (χ4v) is 2.28. The minimum Gasteiger partial charge on any atom is -0.298 e. The molecule has 2 aromatic rings. The van der Waals surface area contributed by atoms with Crippen LogP contribution in [0, 0.1) is 0 Å². The van der Waals surface area contributed by atoms with Crippen LogP contribution in [0.15, 0.2) is 17.6 Å². The van der Waals surface area contributed by atoms with E-state index < -0.39 is 0 Å². The van der Waals surface area contributed by atoms with E-state index in [0.717, 1.165) is 11.8 Å². The highest BCUT2D eigenvalue weighted by Crippen LogP contribution is 2.29. The van der Waals surface area contributed by atoms with Crippen molar-refractivity contribution in [2.75, 3.05) is 0 Å². The number of carbonyl (C=O) groups is 1. The largest absolute Gasteiger partial charge is 0.298 e. The van der Waals surface area contributed by atoms with Crippen molar-refractivity contribution < 1.29 is 4.79 Å². The number of thiophene rings is 1. The lowest BCUT2D eigenvalue weighted by Crippen LogP contribution is -2.00. The summed E-state index contributed by atoms with van der Waals surface area (Å²) in [5.74, 6) is 0. The van der Waals surface area contributed by atoms with Crippen molar-refractivity contribution in [2.24, 2.45) is 0 Å². The van der Waals surface area contributed by atoms with Gasteiger partial charge in [0.25, 0.3) is 0 Å². The minimum atomic E-state index is 0.238. The molecule has 0 aliphatic heterocycles. The number of halogens is 1. The van der Waals surface area contributed by atoms with Crippen molar-refractivity contribution in [3.63, 3.8) is 0 Å². The molecule has 0 amide bonds. The van der Waals surface area contributed by atoms with Crippen LogP contribution >= 0.6 is 22.9 Å². The highest BCUT2D eigenvalue weighted by atomic mass is 35.5. The first-order valence-corrected chi connectivity index (χ1v) is 6.16. The van der Waals surface area contributed by atoms with Gasteiger partial charge in [0.05, 0.1) is 9.90 Å². The molecule has 0 aliphatic carbocycles. The summed E-state index contributed by atoms with van der Waals surface area (Å²) >= 11 is 7.31. The molecule has 3 nitrogen and oxygen atoms in total. The van der Waals surface area contributed by atoms with Gasteiger partial charge < -0.3 is 0 Å². The summed E-state index contributed by atoms with van der Waals surface area (Å²) in [5, 5.41) is 6.30. The second kappa shape index (κ2) is 4.39. The molecule has 0 aromatic carbocycles. The molecule has 0 radical (unpaired) electrons. The van der Waals surface area contributed by atoms with Gasteiger partial charge >= 0.3 is 0 Å². The first kappa shape index (κ1) is 11.4. The second-order valence-electron chi connectivity index (χ2n) is 3.76. The average Bonchev–Trinajstić information content (AvgIpc) is 2.82. The number of hydrogen-bond acceptors (Lipinski definition) is 3. The summed E-state index contributed by atoms with van der Waals surface area (Å²) < 4.78 is 2.48. The standard InChI is InChI=1S/C11H11ClN2OS/c1-7(2)14-4-9(5-15)11(13-14)8-3-10(12)16-6-8/h3-7H,1-2H3. The number of hydrogen-bond donors (Lipinski definition) is 0. The monoisotopic (exact) mass is 254 g/mol. The molecule has 0 fully saturated rings. The Morgan fingerprint density at radius 1 is 1.56 bits per heavy atom. The van der Waals surface area contributed by atoms with Crippen molar-refractivity contribution in [2.45, 2.75) is 19.9 Å². The van der Waals surface area contributed by atoms with Gasteiger partial charge in [0.1, 0.15) is 5.69 Å². The summed E-state index contributed by atoms with van der Waals surface area (Å²) in [6, 6.07) is 2.06. The Balaban J connectivity index is 2.51. The maximum Gasteiger partial charge on any atom is 0.153 e. The lowest BCUT2D eigenvalue weighted by molar-refractivity contribution is 0.112. The Morgan fingerprint density at radius 3 is 2.81 bits per heavy atom. The van der Waals surface area contributed by atoms with Gasteiger partial charge in [-0.25, -0.2) is 0 Å². The highest BCUT2D eigenvalue weighted by molar-refractivity contribution is 7.14. The summed E-state index contributed by atoms with van der Waals surface area (Å²) in [6.45, 7) is 4.04. The quantitative estimate of drug-likeness (QED) is 0.784. The van der Waals surface area contributed by atoms with E-state index >= 15 is 0 Å². The Kier molecular flexibility index (Phi) is 3.12. The van der Waals surface area contributed by atoms with Crippen LogP contribution in [0.1, 0.15) is 30.2 Å². The molecule has 2 aromatic heterocycles. The molecule has 2 rings (SSSR count). The third-order valence-electron chi connectivity index (χ3n) is 2.26. The summed E-state index contributed by atoms with van der Waals surface area (Å²) in [4.78, 5) is 11.0. The first-order valence-electron chi connectivity index (χ1n) is 4.90. The maximum atomic E-state index is 11.0. The average molecular weight is 255 g/mol. The zero-order valence-electron chi connectivity index (χ0n) is 8.98. The van der Waals surface area contributed by atoms with E-state index in [-0.39, 0.29) is 6.04 Å². The molecule has 0 atom stereocenters. The molecule has 84 valence electrons. The van der Waals surface area contributed by atoms with Gasteiger partial charge in [0, 0.05) is 23.2 Å². The van der Waals surface area contributed by atoms with E-state index in [4.69, 9.17) is 11.6 Å². The third-order valence-corrected chi connectivity index (χ3v) is 3.35. The fourth-order valence-electron chi connectivity index (χ4n) is 1.42. The molecule has 0 saturated carbocycles. The predicted molar refractivity (Wildman–Crippen MR) is 66.3 cm³/mol. The van der Waals surface area contributed by atoms with E-state index in [2.05, 4.69) is 5.10 Å². The van der Waals surface area contributed by atoms with E-state index in [1.807, 2.05) is 25.3 Å². The van der Waals surface area contributed by atoms with Gasteiger partial charge in [0.15, 0.2) is 6.29 Å². The zero-order chi connectivity index (χ0) is 11.7. The molecule has 0 saturated heterocycles. The smallest absolute Gasteiger partial charge is 0.153 e. The van der Waals surface area contributed by atoms with Crippen LogP contribution in [0.4, 0.5) is 0 Å². The van der Waals surface area contributed by atoms with E-state index in [1.54, 1.807) is 10.9 Å². The predicted octanol–water partition coefficient (Wildman–Crippen LogP) is 3.66. The van der Waals surface area contributed by atoms with Crippen molar-refractivity contribution in [3.8, 4) is 11.3 Å². The molecule has 5 heteroatoms. The van der Waals surface area contributed by atoms with Crippen LogP contribution in [0.25, 0.3) is 11.3 Å². The maximum absolute atomic E-state index is 11.0. The normalized spacial score (nSPS) is 11.0. The van der Waals surface area contributed by atoms with Crippen molar-refractivity contribution in [1.29, 1.82) is 0 Å². The molecule has 0 unspecified atom stereocenters. The van der Waals surface area contributed by atoms with Gasteiger partial charge in [-0.2, -0.15) is 5.10 Å². The van der Waals surface area contributed by atoms with Crippen molar-refractivity contribution in [1.82, 2.24) is 9.78 Å². The van der Waals surface area contributed by atoms with E-state index in [0.29, 0.717) is 15.6 Å². The van der Waals surface area contributed by atoms with Crippen LogP contribution in [-0.4, -0.2) is 16.1 Å². The lowest BCUT2D eigenvalue weighted by atomic mass is 10.2. The van der Waals surface area contributed by atoms with E-state index in [1.165, 1.54) is 11.3 Å². The van der Waals surface area contributed by atoms with Gasteiger partial charge in [-0.3, -0.25) is 9.48 Å². The third kappa shape index (κ3) is 2.03. The SMILES string of the molecule is CC(C)n1cc(C=O)c(-c2csc(Cl)c2)n1. The van der Waals surface area contributed by atoms with Crippen LogP contribution < -0.4 is 0 Å². The van der Waals surface area contributed by atoms with Crippen molar-refractivity contribution in [3.05, 3.63) is 27.5 Å². The van der Waals surface area contributed by atoms with Crippen LogP contribution in [0.2, 0.25) is 4.34 Å². The summed E-state index contributed by atoms with van der Waals surface area (Å²) in [7, 11) is 0. The van der Waals surface area contributed by atoms with E-state index in [9.17, 15) is 4.79 Å². The van der Waals surface area contributed by atoms with Gasteiger partial charge in [-0.15, -0.1) is 11.3 Å². The number of nitrogens with zero attached hydrogens (tertiary/aromatic N) is 2. The zero-order valence-corrected chi connectivity index (χ0v) is 10.5. The molecular formula is C11H11ClN2OS. The number of rotatable bonds is 3. The molecule has 2 heterocycles. The summed E-state index contributed by atoms with van der Waals surface area (Å²) in [6.07, 6.45) is 2.59. The number of aldehydes is 1. The molecule has 0 N–H and O–H groups in total. The minimum absolute atomic E-state index is 0.238. The first-order chi connectivity index (χ1) is 7.61. The van der Waals surface area contributed by atoms with Crippen LogP contribution in [0.5, 0.6) is 0 Å². The van der Waals surface area contributed by atoms with Gasteiger partial charge in [0.2, 0.25) is 0 Å². The molecule has 0 bridgehead atoms. The molecule has 16 heavy (non-hydrogen) atoms. The van der Waals surface area contributed by atoms with Crippen molar-refractivity contribution >= 4 is 29.2 Å². The molecular weight excluding hydrogens is 244 g/mol. The molecule has 0 spiro atoms. The second-order valence-corrected chi connectivity index (χ2v) is 5.31. The molecule has 0 aliphatic rings. The van der Waals surface area contributed by atoms with Gasteiger partial charge in [-0.05, 0) is 19.9 Å². The topological polar surface area (TPSA) is 34.9 Å². The number of aromatic nitrogens is 2. The Hall–Kier alpha value is -1.13. The fraction of sp³-hybridized carbons (Fsp3) is 0.273. The van der Waals surface area contributed by atoms with Crippen LogP contribution in [-0.2, 0) is 0 Å². The Labute approximate surface area is 103 Å². The Morgan fingerprint density at radius 2 is 2.31 bits per heavy atom. The van der Waals surface area contributed by atoms with Gasteiger partial charge in [-0.1, -0.05) is 11.6 Å². The summed E-state index contributed by atoms with van der Waals surface area (Å²) in [5.41, 5.74) is 2.20. The van der Waals surface area contributed by atoms with Crippen LogP contribution in [0.3, 0.4) is 0 Å². The number of carbonyl (C=O) groups excluding carboxylic acids is 1.